The van der Waals surface area contributed by atoms with E-state index >= 15 is 0 Å². The van der Waals surface area contributed by atoms with Crippen molar-refractivity contribution in [3.63, 3.8) is 0 Å². The van der Waals surface area contributed by atoms with E-state index in [1.807, 2.05) is 0 Å². The molecular formula is C14H17ClF12O. The molecule has 0 radical (unpaired) electrons. The largest absolute Gasteiger partial charge is 0.396 e. The third kappa shape index (κ3) is 4.76. The van der Waals surface area contributed by atoms with Crippen molar-refractivity contribution in [2.24, 2.45) is 0 Å². The van der Waals surface area contributed by atoms with Gasteiger partial charge in [0.2, 0.25) is 0 Å². The van der Waals surface area contributed by atoms with Gasteiger partial charge in [-0.25, -0.2) is 0 Å². The topological polar surface area (TPSA) is 20.2 Å². The zero-order valence-corrected chi connectivity index (χ0v) is 14.8. The van der Waals surface area contributed by atoms with E-state index in [2.05, 4.69) is 0 Å². The van der Waals surface area contributed by atoms with Crippen LogP contribution >= 0.6 is 11.6 Å². The molecule has 0 amide bonds. The summed E-state index contributed by atoms with van der Waals surface area (Å²) in [6.45, 7) is -1.23. The molecule has 0 aromatic carbocycles. The molecule has 0 saturated heterocycles. The first-order chi connectivity index (χ1) is 12.4. The molecule has 14 heteroatoms. The van der Waals surface area contributed by atoms with E-state index in [9.17, 15) is 52.7 Å². The first-order valence-electron chi connectivity index (χ1n) is 7.81. The predicted octanol–water partition coefficient (Wildman–Crippen LogP) is 6.37. The molecule has 0 aromatic heterocycles. The molecule has 0 unspecified atom stereocenters. The molecule has 0 bridgehead atoms. The summed E-state index contributed by atoms with van der Waals surface area (Å²) in [6, 6.07) is 0. The second-order valence-corrected chi connectivity index (χ2v) is 6.41. The molecule has 0 aromatic rings. The summed E-state index contributed by atoms with van der Waals surface area (Å²) >= 11 is 5.18. The number of halogens is 13. The smallest absolute Gasteiger partial charge is 0.384 e. The van der Waals surface area contributed by atoms with E-state index in [-0.39, 0.29) is 18.7 Å². The van der Waals surface area contributed by atoms with Gasteiger partial charge in [0.15, 0.2) is 0 Å². The maximum atomic E-state index is 13.5. The molecule has 0 heterocycles. The number of alkyl halides is 13. The van der Waals surface area contributed by atoms with Gasteiger partial charge >= 0.3 is 35.5 Å². The summed E-state index contributed by atoms with van der Waals surface area (Å²) in [5.41, 5.74) is 0. The van der Waals surface area contributed by atoms with Gasteiger partial charge in [-0.15, -0.1) is 11.6 Å². The van der Waals surface area contributed by atoms with Crippen LogP contribution in [0.4, 0.5) is 52.7 Å². The van der Waals surface area contributed by atoms with Crippen molar-refractivity contribution in [2.45, 2.75) is 74.1 Å². The molecule has 0 fully saturated rings. The van der Waals surface area contributed by atoms with Crippen LogP contribution in [0.5, 0.6) is 0 Å². The fraction of sp³-hybridized carbons (Fsp3) is 1.00. The minimum absolute atomic E-state index is 0.00902. The second kappa shape index (κ2) is 9.05. The summed E-state index contributed by atoms with van der Waals surface area (Å²) in [5, 5.41) is 8.27. The Labute approximate surface area is 157 Å². The van der Waals surface area contributed by atoms with Gasteiger partial charge in [0.1, 0.15) is 0 Å². The molecule has 0 spiro atoms. The molecule has 0 aliphatic heterocycles. The highest BCUT2D eigenvalue weighted by Gasteiger charge is 2.89. The summed E-state index contributed by atoms with van der Waals surface area (Å²) in [7, 11) is 0. The standard InChI is InChI=1S/C14H17ClF12O/c15-7-3-1-2-5-9(16,17)11(20,21)13(24,25)14(26,27)12(22,23)10(18,19)6-4-8-28/h28H,1-8H2. The maximum absolute atomic E-state index is 13.5. The Morgan fingerprint density at radius 3 is 1.18 bits per heavy atom. The minimum atomic E-state index is -7.54. The van der Waals surface area contributed by atoms with Gasteiger partial charge in [-0.05, 0) is 19.3 Å². The Morgan fingerprint density at radius 2 is 0.857 bits per heavy atom. The highest BCUT2D eigenvalue weighted by Crippen LogP contribution is 2.61. The molecular weight excluding hydrogens is 448 g/mol. The fourth-order valence-electron chi connectivity index (χ4n) is 2.09. The predicted molar refractivity (Wildman–Crippen MR) is 75.2 cm³/mol. The number of aliphatic hydroxyl groups is 1. The average molecular weight is 465 g/mol. The van der Waals surface area contributed by atoms with Crippen LogP contribution in [-0.2, 0) is 0 Å². The highest BCUT2D eigenvalue weighted by atomic mass is 35.5. The quantitative estimate of drug-likeness (QED) is 0.191. The lowest BCUT2D eigenvalue weighted by Gasteiger charge is -2.41. The van der Waals surface area contributed by atoms with Crippen LogP contribution < -0.4 is 0 Å². The summed E-state index contributed by atoms with van der Waals surface area (Å²) in [6.07, 6.45) is -6.81. The van der Waals surface area contributed by atoms with E-state index in [4.69, 9.17) is 16.7 Å². The molecule has 1 nitrogen and oxygen atoms in total. The van der Waals surface area contributed by atoms with Gasteiger partial charge < -0.3 is 5.11 Å². The molecule has 28 heavy (non-hydrogen) atoms. The van der Waals surface area contributed by atoms with Crippen molar-refractivity contribution in [1.29, 1.82) is 0 Å². The average Bonchev–Trinajstić information content (AvgIpc) is 2.56. The second-order valence-electron chi connectivity index (χ2n) is 6.03. The third-order valence-electron chi connectivity index (χ3n) is 3.88. The SMILES string of the molecule is OCCCC(F)(F)C(F)(F)C(F)(F)C(F)(F)C(F)(F)C(F)(F)CCCCCCl. The minimum Gasteiger partial charge on any atom is -0.396 e. The third-order valence-corrected chi connectivity index (χ3v) is 4.14. The number of aliphatic hydroxyl groups excluding tert-OH is 1. The Morgan fingerprint density at radius 1 is 0.500 bits per heavy atom. The molecule has 0 aliphatic carbocycles. The Bertz CT molecular complexity index is 495. The van der Waals surface area contributed by atoms with Gasteiger partial charge in [0, 0.05) is 25.3 Å². The van der Waals surface area contributed by atoms with E-state index in [1.165, 1.54) is 0 Å². The number of hydrogen-bond donors (Lipinski definition) is 1. The van der Waals surface area contributed by atoms with Crippen molar-refractivity contribution in [3.8, 4) is 0 Å². The molecule has 0 atom stereocenters. The molecule has 0 saturated carbocycles. The van der Waals surface area contributed by atoms with Crippen molar-refractivity contribution in [1.82, 2.24) is 0 Å². The number of rotatable bonds is 13. The van der Waals surface area contributed by atoms with Crippen LogP contribution in [0.2, 0.25) is 0 Å². The van der Waals surface area contributed by atoms with Crippen molar-refractivity contribution in [2.75, 3.05) is 12.5 Å². The van der Waals surface area contributed by atoms with Gasteiger partial charge in [0.05, 0.1) is 0 Å². The lowest BCUT2D eigenvalue weighted by molar-refractivity contribution is -0.425. The van der Waals surface area contributed by atoms with Crippen LogP contribution in [0.15, 0.2) is 0 Å². The van der Waals surface area contributed by atoms with Crippen LogP contribution in [-0.4, -0.2) is 53.1 Å². The van der Waals surface area contributed by atoms with Crippen LogP contribution in [0, 0.1) is 0 Å². The summed E-state index contributed by atoms with van der Waals surface area (Å²) < 4.78 is 161. The highest BCUT2D eigenvalue weighted by molar-refractivity contribution is 6.17. The van der Waals surface area contributed by atoms with Gasteiger partial charge in [-0.3, -0.25) is 0 Å². The van der Waals surface area contributed by atoms with Gasteiger partial charge in [-0.2, -0.15) is 52.7 Å². The number of unbranched alkanes of at least 4 members (excludes halogenated alkanes) is 2. The van der Waals surface area contributed by atoms with E-state index < -0.39 is 67.8 Å². The van der Waals surface area contributed by atoms with E-state index in [0.29, 0.717) is 0 Å². The van der Waals surface area contributed by atoms with Crippen molar-refractivity contribution < 1.29 is 57.8 Å². The lowest BCUT2D eigenvalue weighted by Crippen LogP contribution is -2.70. The first-order valence-corrected chi connectivity index (χ1v) is 8.34. The molecule has 0 rings (SSSR count). The zero-order valence-electron chi connectivity index (χ0n) is 14.0. The molecule has 1 N–H and O–H groups in total. The molecule has 170 valence electrons. The van der Waals surface area contributed by atoms with Crippen molar-refractivity contribution in [3.05, 3.63) is 0 Å². The fourth-order valence-corrected chi connectivity index (χ4v) is 2.28. The van der Waals surface area contributed by atoms with Crippen molar-refractivity contribution >= 4 is 11.6 Å². The normalized spacial score (nSPS) is 15.2. The Kier molecular flexibility index (Phi) is 8.86. The lowest BCUT2D eigenvalue weighted by atomic mass is 9.88. The monoisotopic (exact) mass is 464 g/mol. The molecule has 0 aliphatic rings. The maximum Gasteiger partial charge on any atom is 0.384 e. The summed E-state index contributed by atoms with van der Waals surface area (Å²) in [5.74, 6) is -41.2. The first kappa shape index (κ1) is 27.4. The van der Waals surface area contributed by atoms with Crippen LogP contribution in [0.1, 0.15) is 38.5 Å². The van der Waals surface area contributed by atoms with E-state index in [1.54, 1.807) is 0 Å². The Hall–Kier alpha value is -0.590. The van der Waals surface area contributed by atoms with Gasteiger partial charge in [0.25, 0.3) is 0 Å². The van der Waals surface area contributed by atoms with E-state index in [0.717, 1.165) is 0 Å². The summed E-state index contributed by atoms with van der Waals surface area (Å²) in [4.78, 5) is 0. The van der Waals surface area contributed by atoms with Crippen LogP contribution in [0.25, 0.3) is 0 Å². The number of hydrogen-bond acceptors (Lipinski definition) is 1. The zero-order chi connectivity index (χ0) is 22.7. The Balaban J connectivity index is 5.89. The van der Waals surface area contributed by atoms with Gasteiger partial charge in [-0.1, -0.05) is 6.42 Å². The van der Waals surface area contributed by atoms with Crippen LogP contribution in [0.3, 0.4) is 0 Å².